The van der Waals surface area contributed by atoms with E-state index in [1.165, 1.54) is 33.4 Å². The minimum Gasteiger partial charge on any atom is -0.462 e. The SMILES string of the molecule is CC(=O)Nc1ncnc2c1ncn2C[C@@H](COC(C)=O)OC(C)=O. The first-order chi connectivity index (χ1) is 11.4. The van der Waals surface area contributed by atoms with Crippen molar-refractivity contribution in [3.63, 3.8) is 0 Å². The van der Waals surface area contributed by atoms with E-state index in [9.17, 15) is 14.4 Å². The molecule has 0 aliphatic carbocycles. The van der Waals surface area contributed by atoms with Crippen molar-refractivity contribution >= 4 is 34.8 Å². The molecule has 10 nitrogen and oxygen atoms in total. The zero-order valence-corrected chi connectivity index (χ0v) is 13.5. The van der Waals surface area contributed by atoms with Crippen LogP contribution in [0.4, 0.5) is 5.82 Å². The zero-order chi connectivity index (χ0) is 17.7. The van der Waals surface area contributed by atoms with E-state index >= 15 is 0 Å². The number of hydrogen-bond acceptors (Lipinski definition) is 8. The Labute approximate surface area is 137 Å². The largest absolute Gasteiger partial charge is 0.462 e. The third-order valence-corrected chi connectivity index (χ3v) is 2.90. The van der Waals surface area contributed by atoms with Gasteiger partial charge in [-0.15, -0.1) is 0 Å². The first-order valence-corrected chi connectivity index (χ1v) is 7.10. The molecular formula is C14H17N5O5. The van der Waals surface area contributed by atoms with Crippen molar-refractivity contribution in [3.05, 3.63) is 12.7 Å². The molecule has 2 rings (SSSR count). The van der Waals surface area contributed by atoms with Gasteiger partial charge in [0, 0.05) is 20.8 Å². The van der Waals surface area contributed by atoms with Crippen molar-refractivity contribution in [2.45, 2.75) is 33.4 Å². The lowest BCUT2D eigenvalue weighted by atomic mass is 10.3. The lowest BCUT2D eigenvalue weighted by molar-refractivity contribution is -0.157. The molecule has 2 aromatic heterocycles. The van der Waals surface area contributed by atoms with Gasteiger partial charge in [0.2, 0.25) is 5.91 Å². The van der Waals surface area contributed by atoms with E-state index in [2.05, 4.69) is 20.3 Å². The second-order valence-corrected chi connectivity index (χ2v) is 5.01. The second kappa shape index (κ2) is 7.49. The minimum absolute atomic E-state index is 0.0851. The number of anilines is 1. The number of carbonyl (C=O) groups is 3. The first-order valence-electron chi connectivity index (χ1n) is 7.10. The number of nitrogens with one attached hydrogen (secondary N) is 1. The molecule has 0 saturated carbocycles. The van der Waals surface area contributed by atoms with E-state index in [0.717, 1.165) is 0 Å². The van der Waals surface area contributed by atoms with Crippen molar-refractivity contribution < 1.29 is 23.9 Å². The number of rotatable bonds is 6. The topological polar surface area (TPSA) is 125 Å². The maximum Gasteiger partial charge on any atom is 0.303 e. The van der Waals surface area contributed by atoms with E-state index in [4.69, 9.17) is 9.47 Å². The number of carbonyl (C=O) groups excluding carboxylic acids is 3. The van der Waals surface area contributed by atoms with Crippen LogP contribution < -0.4 is 5.32 Å². The van der Waals surface area contributed by atoms with Gasteiger partial charge in [-0.3, -0.25) is 14.4 Å². The molecule has 0 saturated heterocycles. The molecule has 0 aromatic carbocycles. The summed E-state index contributed by atoms with van der Waals surface area (Å²) in [6.07, 6.45) is 2.08. The molecule has 2 heterocycles. The van der Waals surface area contributed by atoms with Crippen molar-refractivity contribution in [2.24, 2.45) is 0 Å². The summed E-state index contributed by atoms with van der Waals surface area (Å²) in [6.45, 7) is 3.99. The second-order valence-electron chi connectivity index (χ2n) is 5.01. The Morgan fingerprint density at radius 1 is 1.17 bits per heavy atom. The first kappa shape index (κ1) is 17.3. The summed E-state index contributed by atoms with van der Waals surface area (Å²) in [5.41, 5.74) is 0.857. The summed E-state index contributed by atoms with van der Waals surface area (Å²) in [7, 11) is 0. The van der Waals surface area contributed by atoms with Crippen LogP contribution >= 0.6 is 0 Å². The van der Waals surface area contributed by atoms with Crippen LogP contribution in [0.2, 0.25) is 0 Å². The summed E-state index contributed by atoms with van der Waals surface area (Å²) >= 11 is 0. The number of hydrogen-bond donors (Lipinski definition) is 1. The lowest BCUT2D eigenvalue weighted by Crippen LogP contribution is -2.28. The van der Waals surface area contributed by atoms with Gasteiger partial charge >= 0.3 is 11.9 Å². The van der Waals surface area contributed by atoms with E-state index in [1.807, 2.05) is 0 Å². The normalized spacial score (nSPS) is 11.8. The molecule has 24 heavy (non-hydrogen) atoms. The number of imidazole rings is 1. The zero-order valence-electron chi connectivity index (χ0n) is 13.5. The maximum absolute atomic E-state index is 11.2. The third-order valence-electron chi connectivity index (χ3n) is 2.90. The molecule has 1 N–H and O–H groups in total. The highest BCUT2D eigenvalue weighted by Crippen LogP contribution is 2.18. The van der Waals surface area contributed by atoms with Crippen molar-refractivity contribution in [1.82, 2.24) is 19.5 Å². The smallest absolute Gasteiger partial charge is 0.303 e. The number of amides is 1. The van der Waals surface area contributed by atoms with Gasteiger partial charge in [0.25, 0.3) is 0 Å². The van der Waals surface area contributed by atoms with Crippen molar-refractivity contribution in [3.8, 4) is 0 Å². The van der Waals surface area contributed by atoms with Crippen LogP contribution in [0.25, 0.3) is 11.2 Å². The predicted molar refractivity (Wildman–Crippen MR) is 81.8 cm³/mol. The van der Waals surface area contributed by atoms with Crippen LogP contribution in [0.3, 0.4) is 0 Å². The van der Waals surface area contributed by atoms with Crippen LogP contribution in [0.5, 0.6) is 0 Å². The van der Waals surface area contributed by atoms with Gasteiger partial charge in [-0.05, 0) is 0 Å². The summed E-state index contributed by atoms with van der Waals surface area (Å²) in [6, 6.07) is 0. The van der Waals surface area contributed by atoms with Crippen LogP contribution in [-0.4, -0.2) is 50.1 Å². The molecule has 128 valence electrons. The standard InChI is InChI=1S/C14H17N5O5/c1-8(20)18-13-12-14(16-6-15-13)19(7-17-12)4-11(24-10(3)22)5-23-9(2)21/h6-7,11H,4-5H2,1-3H3,(H,15,16,18,20)/t11-/m0/s1. The minimum atomic E-state index is -0.692. The quantitative estimate of drug-likeness (QED) is 0.746. The molecule has 2 aromatic rings. The molecule has 10 heteroatoms. The molecule has 0 radical (unpaired) electrons. The van der Waals surface area contributed by atoms with Crippen LogP contribution in [0, 0.1) is 0 Å². The van der Waals surface area contributed by atoms with Crippen LogP contribution in [-0.2, 0) is 30.4 Å². The average molecular weight is 335 g/mol. The highest BCUT2D eigenvalue weighted by atomic mass is 16.6. The Bertz CT molecular complexity index is 772. The number of nitrogens with zero attached hydrogens (tertiary/aromatic N) is 4. The van der Waals surface area contributed by atoms with Gasteiger partial charge in [-0.2, -0.15) is 0 Å². The summed E-state index contributed by atoms with van der Waals surface area (Å²) in [5.74, 6) is -0.962. The average Bonchev–Trinajstić information content (AvgIpc) is 2.88. The van der Waals surface area contributed by atoms with Gasteiger partial charge in [-0.1, -0.05) is 0 Å². The van der Waals surface area contributed by atoms with Gasteiger partial charge in [-0.25, -0.2) is 15.0 Å². The van der Waals surface area contributed by atoms with Crippen molar-refractivity contribution in [2.75, 3.05) is 11.9 Å². The highest BCUT2D eigenvalue weighted by molar-refractivity contribution is 5.95. The fourth-order valence-electron chi connectivity index (χ4n) is 2.06. The number of ether oxygens (including phenoxy) is 2. The molecule has 0 bridgehead atoms. The highest BCUT2D eigenvalue weighted by Gasteiger charge is 2.18. The maximum atomic E-state index is 11.2. The number of esters is 2. The Hall–Kier alpha value is -3.04. The lowest BCUT2D eigenvalue weighted by Gasteiger charge is -2.17. The fourth-order valence-corrected chi connectivity index (χ4v) is 2.06. The molecule has 0 aliphatic heterocycles. The third kappa shape index (κ3) is 4.48. The molecular weight excluding hydrogens is 318 g/mol. The summed E-state index contributed by atoms with van der Waals surface area (Å²) in [5, 5.41) is 2.57. The Morgan fingerprint density at radius 3 is 2.54 bits per heavy atom. The predicted octanol–water partition coefficient (Wildman–Crippen LogP) is 0.279. The van der Waals surface area contributed by atoms with Crippen molar-refractivity contribution in [1.29, 1.82) is 0 Å². The Kier molecular flexibility index (Phi) is 5.40. The molecule has 1 atom stereocenters. The molecule has 1 amide bonds. The molecule has 0 aliphatic rings. The molecule has 0 unspecified atom stereocenters. The van der Waals surface area contributed by atoms with Crippen LogP contribution in [0.15, 0.2) is 12.7 Å². The Morgan fingerprint density at radius 2 is 1.92 bits per heavy atom. The van der Waals surface area contributed by atoms with E-state index in [0.29, 0.717) is 11.2 Å². The number of fused-ring (bicyclic) bond motifs is 1. The summed E-state index contributed by atoms with van der Waals surface area (Å²) in [4.78, 5) is 45.6. The molecule has 0 fully saturated rings. The number of aromatic nitrogens is 4. The monoisotopic (exact) mass is 335 g/mol. The Balaban J connectivity index is 2.24. The van der Waals surface area contributed by atoms with E-state index < -0.39 is 18.0 Å². The van der Waals surface area contributed by atoms with Crippen LogP contribution in [0.1, 0.15) is 20.8 Å². The van der Waals surface area contributed by atoms with Gasteiger partial charge in [0.1, 0.15) is 12.9 Å². The van der Waals surface area contributed by atoms with E-state index in [1.54, 1.807) is 4.57 Å². The molecule has 0 spiro atoms. The van der Waals surface area contributed by atoms with Gasteiger partial charge < -0.3 is 19.4 Å². The van der Waals surface area contributed by atoms with Gasteiger partial charge in [0.05, 0.1) is 12.9 Å². The van der Waals surface area contributed by atoms with Gasteiger partial charge in [0.15, 0.2) is 23.1 Å². The summed E-state index contributed by atoms with van der Waals surface area (Å²) < 4.78 is 11.7. The van der Waals surface area contributed by atoms with E-state index in [-0.39, 0.29) is 24.9 Å². The fraction of sp³-hybridized carbons (Fsp3) is 0.429.